The van der Waals surface area contributed by atoms with E-state index in [1.54, 1.807) is 0 Å². The Bertz CT molecular complexity index is 61.9. The number of phosphoric acid groups is 1. The van der Waals surface area contributed by atoms with Crippen LogP contribution in [-0.2, 0) is 4.57 Å². The summed E-state index contributed by atoms with van der Waals surface area (Å²) in [7, 11) is -5.39. The third-order valence-corrected chi connectivity index (χ3v) is 0. The SMILES string of the molecule is O.O.O=P([O-])([O-])[O-].[Ca+2].[Na+].[Na+]. The zero-order valence-corrected chi connectivity index (χ0v) is 12.9. The first kappa shape index (κ1) is 37.8. The summed E-state index contributed by atoms with van der Waals surface area (Å²) in [5.41, 5.74) is 0. The number of hydrogen-bond donors (Lipinski definition) is 0. The van der Waals surface area contributed by atoms with Gasteiger partial charge in [0.05, 0.1) is 0 Å². The van der Waals surface area contributed by atoms with Gasteiger partial charge >= 0.3 is 96.9 Å². The average molecular weight is 217 g/mol. The molecule has 0 saturated heterocycles. The summed E-state index contributed by atoms with van der Waals surface area (Å²) in [6, 6.07) is 0. The predicted molar refractivity (Wildman–Crippen MR) is 20.6 cm³/mol. The molecule has 0 aliphatic rings. The molecule has 0 spiro atoms. The standard InChI is InChI=1S/Ca.2Na.H3O4P.2H2O/c;;;1-5(2,3)4;;/h;;;(H3,1,2,3,4);2*1H2/q+2;2*+1;;;/p-3. The molecule has 0 aromatic carbocycles. The Morgan fingerprint density at radius 3 is 0.900 bits per heavy atom. The van der Waals surface area contributed by atoms with Gasteiger partial charge in [0.15, 0.2) is 0 Å². The summed E-state index contributed by atoms with van der Waals surface area (Å²) >= 11 is 0. The van der Waals surface area contributed by atoms with Crippen molar-refractivity contribution in [2.24, 2.45) is 0 Å². The minimum absolute atomic E-state index is 0. The summed E-state index contributed by atoms with van der Waals surface area (Å²) < 4.78 is 8.55. The Balaban J connectivity index is -0.00000000800. The van der Waals surface area contributed by atoms with Gasteiger partial charge in [-0.05, 0) is 0 Å². The Morgan fingerprint density at radius 1 is 0.900 bits per heavy atom. The van der Waals surface area contributed by atoms with Crippen molar-refractivity contribution in [3.8, 4) is 0 Å². The summed E-state index contributed by atoms with van der Waals surface area (Å²) in [5, 5.41) is 0. The van der Waals surface area contributed by atoms with Crippen molar-refractivity contribution >= 4 is 45.6 Å². The Hall–Kier alpha value is 3.29. The molecule has 0 saturated carbocycles. The van der Waals surface area contributed by atoms with Gasteiger partial charge in [-0.15, -0.1) is 0 Å². The minimum atomic E-state index is -5.39. The first-order valence-electron chi connectivity index (χ1n) is 0.730. The van der Waals surface area contributed by atoms with E-state index in [2.05, 4.69) is 0 Å². The summed E-state index contributed by atoms with van der Waals surface area (Å²) in [6.45, 7) is 0. The van der Waals surface area contributed by atoms with E-state index in [1.165, 1.54) is 0 Å². The van der Waals surface area contributed by atoms with Crippen molar-refractivity contribution in [1.82, 2.24) is 0 Å². The molecule has 0 fully saturated rings. The smallest absolute Gasteiger partial charge is 0.822 e. The molecule has 0 heterocycles. The van der Waals surface area contributed by atoms with Crippen LogP contribution in [0, 0.1) is 0 Å². The van der Waals surface area contributed by atoms with E-state index < -0.39 is 7.82 Å². The van der Waals surface area contributed by atoms with Gasteiger partial charge in [-0.3, -0.25) is 0 Å². The maximum absolute atomic E-state index is 8.55. The van der Waals surface area contributed by atoms with Crippen molar-refractivity contribution < 1.29 is 89.3 Å². The number of hydrogen-bond acceptors (Lipinski definition) is 4. The summed E-state index contributed by atoms with van der Waals surface area (Å²) in [6.07, 6.45) is 0. The van der Waals surface area contributed by atoms with Crippen LogP contribution in [0.5, 0.6) is 0 Å². The van der Waals surface area contributed by atoms with Crippen molar-refractivity contribution in [1.29, 1.82) is 0 Å². The largest absolute Gasteiger partial charge is 2.00 e. The topological polar surface area (TPSA) is 149 Å². The minimum Gasteiger partial charge on any atom is -0.822 e. The van der Waals surface area contributed by atoms with Crippen LogP contribution in [0.3, 0.4) is 0 Å². The van der Waals surface area contributed by atoms with Gasteiger partial charge in [0, 0.05) is 0 Å². The van der Waals surface area contributed by atoms with E-state index in [1.807, 2.05) is 0 Å². The van der Waals surface area contributed by atoms with Crippen LogP contribution in [0.4, 0.5) is 0 Å². The van der Waals surface area contributed by atoms with Gasteiger partial charge < -0.3 is 30.2 Å². The zero-order chi connectivity index (χ0) is 4.50. The Labute approximate surface area is 132 Å². The molecular formula is H4CaNa2O6P+. The molecule has 0 aliphatic heterocycles. The van der Waals surface area contributed by atoms with E-state index >= 15 is 0 Å². The molecule has 0 aliphatic carbocycles. The van der Waals surface area contributed by atoms with Crippen molar-refractivity contribution in [3.63, 3.8) is 0 Å². The predicted octanol–water partition coefficient (Wildman–Crippen LogP) is -10.8. The van der Waals surface area contributed by atoms with E-state index in [-0.39, 0.29) is 108 Å². The molecular weight excluding hydrogens is 213 g/mol. The van der Waals surface area contributed by atoms with Gasteiger partial charge in [0.2, 0.25) is 0 Å². The Kier molecular flexibility index (Phi) is 68.6. The van der Waals surface area contributed by atoms with Gasteiger partial charge in [-0.2, -0.15) is 7.82 Å². The first-order valence-corrected chi connectivity index (χ1v) is 2.19. The van der Waals surface area contributed by atoms with Gasteiger partial charge in [0.25, 0.3) is 0 Å². The zero-order valence-electron chi connectivity index (χ0n) is 5.79. The van der Waals surface area contributed by atoms with Crippen molar-refractivity contribution in [2.45, 2.75) is 0 Å². The van der Waals surface area contributed by atoms with Crippen LogP contribution < -0.4 is 73.8 Å². The quantitative estimate of drug-likeness (QED) is 0.292. The maximum Gasteiger partial charge on any atom is 2.00 e. The van der Waals surface area contributed by atoms with E-state index in [0.717, 1.165) is 0 Å². The average Bonchev–Trinajstić information content (AvgIpc) is 0.722. The molecule has 10 heteroatoms. The van der Waals surface area contributed by atoms with Gasteiger partial charge in [-0.1, -0.05) is 0 Å². The first-order chi connectivity index (χ1) is 2.00. The molecule has 0 radical (unpaired) electrons. The molecule has 0 rings (SSSR count). The fraction of sp³-hybridized carbons (Fsp3) is 0. The second kappa shape index (κ2) is 18.2. The fourth-order valence-electron chi connectivity index (χ4n) is 0. The van der Waals surface area contributed by atoms with Crippen LogP contribution in [0.15, 0.2) is 0 Å². The van der Waals surface area contributed by atoms with E-state index in [4.69, 9.17) is 19.2 Å². The molecule has 0 aromatic rings. The summed E-state index contributed by atoms with van der Waals surface area (Å²) in [4.78, 5) is 25.6. The number of rotatable bonds is 0. The van der Waals surface area contributed by atoms with E-state index in [9.17, 15) is 0 Å². The van der Waals surface area contributed by atoms with Crippen molar-refractivity contribution in [3.05, 3.63) is 0 Å². The second-order valence-corrected chi connectivity index (χ2v) is 1.34. The molecule has 0 amide bonds. The van der Waals surface area contributed by atoms with Gasteiger partial charge in [0.1, 0.15) is 0 Å². The molecule has 0 unspecified atom stereocenters. The molecule has 0 bridgehead atoms. The maximum atomic E-state index is 8.55. The van der Waals surface area contributed by atoms with Crippen LogP contribution in [0.2, 0.25) is 0 Å². The summed E-state index contributed by atoms with van der Waals surface area (Å²) in [5.74, 6) is 0. The third kappa shape index (κ3) is 110. The monoisotopic (exact) mass is 217 g/mol. The molecule has 4 N–H and O–H groups in total. The molecule has 48 valence electrons. The van der Waals surface area contributed by atoms with Crippen LogP contribution in [0.1, 0.15) is 0 Å². The van der Waals surface area contributed by atoms with Crippen LogP contribution in [0.25, 0.3) is 0 Å². The molecule has 0 aromatic heterocycles. The molecule has 6 nitrogen and oxygen atoms in total. The van der Waals surface area contributed by atoms with E-state index in [0.29, 0.717) is 0 Å². The molecule has 10 heavy (non-hydrogen) atoms. The van der Waals surface area contributed by atoms with Gasteiger partial charge in [-0.25, -0.2) is 0 Å². The normalized spacial score (nSPS) is 5.90. The van der Waals surface area contributed by atoms with Crippen molar-refractivity contribution in [2.75, 3.05) is 0 Å². The van der Waals surface area contributed by atoms with Crippen LogP contribution in [-0.4, -0.2) is 48.7 Å². The Morgan fingerprint density at radius 2 is 0.900 bits per heavy atom. The fourth-order valence-corrected chi connectivity index (χ4v) is 0. The molecule has 0 atom stereocenters. The third-order valence-electron chi connectivity index (χ3n) is 0. The second-order valence-electron chi connectivity index (χ2n) is 0.447. The van der Waals surface area contributed by atoms with Crippen LogP contribution >= 0.6 is 7.82 Å².